The van der Waals surface area contributed by atoms with Gasteiger partial charge in [-0.25, -0.2) is 4.79 Å². The molecule has 0 aliphatic rings. The highest BCUT2D eigenvalue weighted by Gasteiger charge is 2.26. The molecule has 1 atom stereocenters. The Balaban J connectivity index is 1.75. The van der Waals surface area contributed by atoms with Crippen LogP contribution in [0, 0.1) is 11.3 Å². The van der Waals surface area contributed by atoms with Crippen LogP contribution in [0.5, 0.6) is 0 Å². The highest BCUT2D eigenvalue weighted by Crippen LogP contribution is 2.27. The summed E-state index contributed by atoms with van der Waals surface area (Å²) >= 11 is 0. The minimum Gasteiger partial charge on any atom is -0.449 e. The molecule has 0 bridgehead atoms. The maximum Gasteiger partial charge on any atom is 0.375 e. The van der Waals surface area contributed by atoms with Gasteiger partial charge in [-0.05, 0) is 38.1 Å². The number of furan rings is 1. The Hall–Kier alpha value is -3.63. The number of nitrogens with zero attached hydrogens (tertiary/aromatic N) is 1. The lowest BCUT2D eigenvalue weighted by Crippen LogP contribution is -2.30. The van der Waals surface area contributed by atoms with Crippen LogP contribution in [0.15, 0.2) is 52.9 Å². The average molecular weight is 392 g/mol. The molecule has 0 spiro atoms. The summed E-state index contributed by atoms with van der Waals surface area (Å²) in [6.07, 6.45) is -1.07. The monoisotopic (exact) mass is 392 g/mol. The van der Waals surface area contributed by atoms with Crippen molar-refractivity contribution in [2.45, 2.75) is 26.6 Å². The molecule has 0 saturated carbocycles. The molecule has 1 amide bonds. The van der Waals surface area contributed by atoms with Crippen LogP contribution in [0.4, 0.5) is 5.69 Å². The lowest BCUT2D eigenvalue weighted by molar-refractivity contribution is -0.123. The first-order valence-corrected chi connectivity index (χ1v) is 9.13. The number of anilines is 1. The van der Waals surface area contributed by atoms with Crippen molar-refractivity contribution in [1.82, 2.24) is 0 Å². The van der Waals surface area contributed by atoms with E-state index < -0.39 is 18.0 Å². The van der Waals surface area contributed by atoms with Crippen LogP contribution >= 0.6 is 0 Å². The SMILES string of the molecule is CCOCc1c(C(=O)OC(C)C(=O)Nc2cccc(C#N)c2)oc2ccccc12. The number of carbonyl (C=O) groups excluding carboxylic acids is 2. The lowest BCUT2D eigenvalue weighted by atomic mass is 10.1. The number of para-hydroxylation sites is 1. The van der Waals surface area contributed by atoms with E-state index in [0.717, 1.165) is 5.39 Å². The summed E-state index contributed by atoms with van der Waals surface area (Å²) in [5.41, 5.74) is 1.98. The maximum atomic E-state index is 12.7. The van der Waals surface area contributed by atoms with Crippen molar-refractivity contribution < 1.29 is 23.5 Å². The zero-order valence-electron chi connectivity index (χ0n) is 16.1. The van der Waals surface area contributed by atoms with Crippen molar-refractivity contribution in [2.24, 2.45) is 0 Å². The van der Waals surface area contributed by atoms with E-state index in [1.165, 1.54) is 13.0 Å². The Bertz CT molecular complexity index is 1080. The fourth-order valence-electron chi connectivity index (χ4n) is 2.79. The highest BCUT2D eigenvalue weighted by atomic mass is 16.6. The summed E-state index contributed by atoms with van der Waals surface area (Å²) in [5, 5.41) is 12.3. The predicted molar refractivity (Wildman–Crippen MR) is 106 cm³/mol. The molecule has 29 heavy (non-hydrogen) atoms. The predicted octanol–water partition coefficient (Wildman–Crippen LogP) is 4.02. The Morgan fingerprint density at radius 1 is 1.21 bits per heavy atom. The van der Waals surface area contributed by atoms with E-state index >= 15 is 0 Å². The van der Waals surface area contributed by atoms with Crippen molar-refractivity contribution in [3.8, 4) is 6.07 Å². The van der Waals surface area contributed by atoms with E-state index in [2.05, 4.69) is 5.32 Å². The number of hydrogen-bond donors (Lipinski definition) is 1. The molecule has 1 heterocycles. The molecule has 1 unspecified atom stereocenters. The number of carbonyl (C=O) groups is 2. The first-order valence-electron chi connectivity index (χ1n) is 9.13. The van der Waals surface area contributed by atoms with Crippen LogP contribution in [-0.2, 0) is 20.9 Å². The molecule has 2 aromatic carbocycles. The highest BCUT2D eigenvalue weighted by molar-refractivity contribution is 5.99. The van der Waals surface area contributed by atoms with Gasteiger partial charge in [0.15, 0.2) is 6.10 Å². The van der Waals surface area contributed by atoms with Crippen LogP contribution in [-0.4, -0.2) is 24.6 Å². The van der Waals surface area contributed by atoms with Crippen LogP contribution in [0.3, 0.4) is 0 Å². The van der Waals surface area contributed by atoms with E-state index in [1.807, 2.05) is 25.1 Å². The van der Waals surface area contributed by atoms with Gasteiger partial charge in [0.1, 0.15) is 5.58 Å². The second-order valence-electron chi connectivity index (χ2n) is 6.27. The van der Waals surface area contributed by atoms with Crippen molar-refractivity contribution in [2.75, 3.05) is 11.9 Å². The first-order chi connectivity index (χ1) is 14.0. The number of nitrogens with one attached hydrogen (secondary N) is 1. The number of amides is 1. The molecule has 0 fully saturated rings. The zero-order valence-corrected chi connectivity index (χ0v) is 16.1. The summed E-state index contributed by atoms with van der Waals surface area (Å²) in [4.78, 5) is 25.1. The quantitative estimate of drug-likeness (QED) is 0.609. The van der Waals surface area contributed by atoms with E-state index in [4.69, 9.17) is 19.2 Å². The van der Waals surface area contributed by atoms with Gasteiger partial charge in [0.25, 0.3) is 5.91 Å². The molecule has 3 rings (SSSR count). The minimum absolute atomic E-state index is 0.0192. The number of ether oxygens (including phenoxy) is 2. The van der Waals surface area contributed by atoms with Gasteiger partial charge in [0.2, 0.25) is 5.76 Å². The summed E-state index contributed by atoms with van der Waals surface area (Å²) in [6.45, 7) is 3.99. The largest absolute Gasteiger partial charge is 0.449 e. The fraction of sp³-hybridized carbons (Fsp3) is 0.227. The molecular weight excluding hydrogens is 372 g/mol. The van der Waals surface area contributed by atoms with Crippen LogP contribution < -0.4 is 5.32 Å². The molecule has 0 saturated heterocycles. The third-order valence-electron chi connectivity index (χ3n) is 4.25. The Kier molecular flexibility index (Phi) is 6.27. The van der Waals surface area contributed by atoms with Crippen LogP contribution in [0.2, 0.25) is 0 Å². The smallest absolute Gasteiger partial charge is 0.375 e. The number of benzene rings is 2. The zero-order chi connectivity index (χ0) is 20.8. The van der Waals surface area contributed by atoms with Gasteiger partial charge in [0, 0.05) is 23.2 Å². The Labute approximate surface area is 167 Å². The Morgan fingerprint density at radius 3 is 2.76 bits per heavy atom. The molecule has 0 radical (unpaired) electrons. The average Bonchev–Trinajstić information content (AvgIpc) is 3.11. The van der Waals surface area contributed by atoms with Crippen LogP contribution in [0.25, 0.3) is 11.0 Å². The summed E-state index contributed by atoms with van der Waals surface area (Å²) in [7, 11) is 0. The number of esters is 1. The fourth-order valence-corrected chi connectivity index (χ4v) is 2.79. The van der Waals surface area contributed by atoms with Crippen LogP contribution in [0.1, 0.15) is 35.5 Å². The van der Waals surface area contributed by atoms with Crippen molar-refractivity contribution in [3.05, 3.63) is 65.4 Å². The summed E-state index contributed by atoms with van der Waals surface area (Å²) < 4.78 is 16.4. The second kappa shape index (κ2) is 9.04. The third-order valence-corrected chi connectivity index (χ3v) is 4.25. The van der Waals surface area contributed by atoms with E-state index in [-0.39, 0.29) is 12.4 Å². The number of nitriles is 1. The van der Waals surface area contributed by atoms with Gasteiger partial charge in [-0.3, -0.25) is 4.79 Å². The minimum atomic E-state index is -1.07. The lowest BCUT2D eigenvalue weighted by Gasteiger charge is -2.13. The Morgan fingerprint density at radius 2 is 2.00 bits per heavy atom. The summed E-state index contributed by atoms with van der Waals surface area (Å²) in [6, 6.07) is 15.7. The van der Waals surface area contributed by atoms with Gasteiger partial charge in [0.05, 0.1) is 18.2 Å². The van der Waals surface area contributed by atoms with Gasteiger partial charge in [-0.2, -0.15) is 5.26 Å². The number of hydrogen-bond acceptors (Lipinski definition) is 6. The number of rotatable bonds is 7. The van der Waals surface area contributed by atoms with E-state index in [0.29, 0.717) is 29.0 Å². The number of fused-ring (bicyclic) bond motifs is 1. The van der Waals surface area contributed by atoms with Gasteiger partial charge < -0.3 is 19.2 Å². The summed E-state index contributed by atoms with van der Waals surface area (Å²) in [5.74, 6) is -1.24. The second-order valence-corrected chi connectivity index (χ2v) is 6.27. The van der Waals surface area contributed by atoms with E-state index in [9.17, 15) is 9.59 Å². The van der Waals surface area contributed by atoms with Crippen molar-refractivity contribution in [1.29, 1.82) is 5.26 Å². The third kappa shape index (κ3) is 4.62. The van der Waals surface area contributed by atoms with Gasteiger partial charge in [-0.15, -0.1) is 0 Å². The molecule has 148 valence electrons. The molecule has 1 aromatic heterocycles. The standard InChI is InChI=1S/C22H20N2O5/c1-3-27-13-18-17-9-4-5-10-19(17)29-20(18)22(26)28-14(2)21(25)24-16-8-6-7-15(11-16)12-23/h4-11,14H,3,13H2,1-2H3,(H,24,25). The topological polar surface area (TPSA) is 102 Å². The van der Waals surface area contributed by atoms with Crippen molar-refractivity contribution >= 4 is 28.5 Å². The normalized spacial score (nSPS) is 11.6. The maximum absolute atomic E-state index is 12.7. The molecule has 7 heteroatoms. The molecular formula is C22H20N2O5. The first kappa shape index (κ1) is 20.1. The van der Waals surface area contributed by atoms with Gasteiger partial charge >= 0.3 is 5.97 Å². The molecule has 0 aliphatic carbocycles. The molecule has 3 aromatic rings. The van der Waals surface area contributed by atoms with Gasteiger partial charge in [-0.1, -0.05) is 24.3 Å². The molecule has 1 N–H and O–H groups in total. The van der Waals surface area contributed by atoms with E-state index in [1.54, 1.807) is 30.3 Å². The molecule has 7 nitrogen and oxygen atoms in total. The van der Waals surface area contributed by atoms with Crippen molar-refractivity contribution in [3.63, 3.8) is 0 Å². The molecule has 0 aliphatic heterocycles.